The van der Waals surface area contributed by atoms with Gasteiger partial charge in [0.05, 0.1) is 34.6 Å². The molecule has 2 aliphatic rings. The summed E-state index contributed by atoms with van der Waals surface area (Å²) in [6, 6.07) is 9.78. The topological polar surface area (TPSA) is 93.2 Å². The first-order valence-corrected chi connectivity index (χ1v) is 10.9. The minimum absolute atomic E-state index is 0.0892. The normalized spacial score (nSPS) is 20.1. The average Bonchev–Trinajstić information content (AvgIpc) is 3.02. The van der Waals surface area contributed by atoms with Crippen molar-refractivity contribution in [3.05, 3.63) is 64.2 Å². The molecule has 1 saturated heterocycles. The van der Waals surface area contributed by atoms with Gasteiger partial charge < -0.3 is 14.4 Å². The first-order chi connectivity index (χ1) is 15.7. The van der Waals surface area contributed by atoms with Gasteiger partial charge in [-0.05, 0) is 63.1 Å². The van der Waals surface area contributed by atoms with Crippen molar-refractivity contribution in [2.75, 3.05) is 24.6 Å². The van der Waals surface area contributed by atoms with Crippen LogP contribution in [-0.2, 0) is 14.3 Å². The highest BCUT2D eigenvalue weighted by Crippen LogP contribution is 2.32. The number of benzene rings is 2. The summed E-state index contributed by atoms with van der Waals surface area (Å²) < 4.78 is 10.8. The molecule has 33 heavy (non-hydrogen) atoms. The molecule has 4 rings (SSSR count). The summed E-state index contributed by atoms with van der Waals surface area (Å²) >= 11 is 0. The highest BCUT2D eigenvalue weighted by Gasteiger charge is 2.38. The van der Waals surface area contributed by atoms with E-state index in [1.54, 1.807) is 11.0 Å². The van der Waals surface area contributed by atoms with Crippen LogP contribution in [0, 0.1) is 13.8 Å². The molecule has 1 fully saturated rings. The predicted octanol–water partition coefficient (Wildman–Crippen LogP) is 2.90. The number of hydrogen-bond acceptors (Lipinski definition) is 6. The quantitative estimate of drug-likeness (QED) is 0.525. The van der Waals surface area contributed by atoms with Crippen molar-refractivity contribution < 1.29 is 28.7 Å². The van der Waals surface area contributed by atoms with Gasteiger partial charge in [0.1, 0.15) is 0 Å². The van der Waals surface area contributed by atoms with Gasteiger partial charge in [-0.2, -0.15) is 0 Å². The van der Waals surface area contributed by atoms with Crippen LogP contribution in [0.1, 0.15) is 56.0 Å². The molecule has 0 aromatic heterocycles. The third-order valence-electron chi connectivity index (χ3n) is 5.83. The smallest absolute Gasteiger partial charge is 0.338 e. The Bertz CT molecular complexity index is 1150. The number of fused-ring (bicyclic) bond motifs is 1. The number of hydrogen-bond donors (Lipinski definition) is 0. The largest absolute Gasteiger partial charge is 0.452 e. The summed E-state index contributed by atoms with van der Waals surface area (Å²) in [5.41, 5.74) is 2.70. The second kappa shape index (κ2) is 8.78. The van der Waals surface area contributed by atoms with Crippen LogP contribution in [0.25, 0.3) is 0 Å². The molecule has 172 valence electrons. The SMILES string of the molecule is Cc1ccc(C)c(N2C(=O)c3ccc(C(=O)OCC(=O)N4C[C@H](C)O[C@@H](C)C4)cc3C2=O)c1. The maximum absolute atomic E-state index is 13.1. The first-order valence-electron chi connectivity index (χ1n) is 10.9. The summed E-state index contributed by atoms with van der Waals surface area (Å²) in [4.78, 5) is 53.8. The van der Waals surface area contributed by atoms with Gasteiger partial charge in [-0.3, -0.25) is 14.4 Å². The molecule has 0 bridgehead atoms. The molecule has 0 saturated carbocycles. The third kappa shape index (κ3) is 4.39. The van der Waals surface area contributed by atoms with Crippen molar-refractivity contribution in [2.24, 2.45) is 0 Å². The van der Waals surface area contributed by atoms with Crippen molar-refractivity contribution >= 4 is 29.4 Å². The monoisotopic (exact) mass is 450 g/mol. The lowest BCUT2D eigenvalue weighted by molar-refractivity contribution is -0.146. The molecule has 8 heteroatoms. The van der Waals surface area contributed by atoms with E-state index in [1.165, 1.54) is 18.2 Å². The van der Waals surface area contributed by atoms with Crippen molar-refractivity contribution in [3.8, 4) is 0 Å². The fourth-order valence-electron chi connectivity index (χ4n) is 4.23. The van der Waals surface area contributed by atoms with E-state index in [-0.39, 0.29) is 34.8 Å². The number of ether oxygens (including phenoxy) is 2. The molecule has 2 heterocycles. The zero-order valence-corrected chi connectivity index (χ0v) is 19.1. The minimum Gasteiger partial charge on any atom is -0.452 e. The van der Waals surface area contributed by atoms with Crippen molar-refractivity contribution in [2.45, 2.75) is 39.9 Å². The molecule has 2 aliphatic heterocycles. The molecule has 0 spiro atoms. The van der Waals surface area contributed by atoms with Crippen LogP contribution in [0.5, 0.6) is 0 Å². The molecule has 0 N–H and O–H groups in total. The van der Waals surface area contributed by atoms with Gasteiger partial charge in [-0.1, -0.05) is 12.1 Å². The average molecular weight is 450 g/mol. The second-order valence-electron chi connectivity index (χ2n) is 8.63. The standard InChI is InChI=1S/C25H26N2O6/c1-14-5-6-15(2)21(9-14)27-23(29)19-8-7-18(10-20(19)24(27)30)25(31)32-13-22(28)26-11-16(3)33-17(4)12-26/h5-10,16-17H,11-13H2,1-4H3/t16-,17-/m0/s1. The lowest BCUT2D eigenvalue weighted by Crippen LogP contribution is -2.49. The van der Waals surface area contributed by atoms with Gasteiger partial charge in [0.15, 0.2) is 6.61 Å². The lowest BCUT2D eigenvalue weighted by atomic mass is 10.1. The lowest BCUT2D eigenvalue weighted by Gasteiger charge is -2.35. The van der Waals surface area contributed by atoms with Crippen molar-refractivity contribution in [3.63, 3.8) is 0 Å². The predicted molar refractivity (Wildman–Crippen MR) is 120 cm³/mol. The molecule has 0 unspecified atom stereocenters. The molecular weight excluding hydrogens is 424 g/mol. The van der Waals surface area contributed by atoms with E-state index in [0.717, 1.165) is 16.0 Å². The van der Waals surface area contributed by atoms with Crippen LogP contribution in [0.4, 0.5) is 5.69 Å². The highest BCUT2D eigenvalue weighted by molar-refractivity contribution is 6.35. The van der Waals surface area contributed by atoms with Crippen molar-refractivity contribution in [1.29, 1.82) is 0 Å². The molecule has 0 radical (unpaired) electrons. The Balaban J connectivity index is 1.48. The van der Waals surface area contributed by atoms with E-state index >= 15 is 0 Å². The van der Waals surface area contributed by atoms with E-state index in [2.05, 4.69) is 0 Å². The summed E-state index contributed by atoms with van der Waals surface area (Å²) in [5.74, 6) is -1.97. The van der Waals surface area contributed by atoms with Crippen LogP contribution < -0.4 is 4.90 Å². The fourth-order valence-corrected chi connectivity index (χ4v) is 4.23. The third-order valence-corrected chi connectivity index (χ3v) is 5.83. The zero-order valence-electron chi connectivity index (χ0n) is 19.1. The maximum atomic E-state index is 13.1. The number of imide groups is 1. The first kappa shape index (κ1) is 22.7. The van der Waals surface area contributed by atoms with Crippen LogP contribution in [0.2, 0.25) is 0 Å². The molecule has 2 atom stereocenters. The molecule has 0 aliphatic carbocycles. The minimum atomic E-state index is -0.731. The van der Waals surface area contributed by atoms with E-state index in [9.17, 15) is 19.2 Å². The number of carbonyl (C=O) groups is 4. The Kier molecular flexibility index (Phi) is 6.03. The van der Waals surface area contributed by atoms with Crippen LogP contribution in [0.15, 0.2) is 36.4 Å². The fraction of sp³-hybridized carbons (Fsp3) is 0.360. The number of amides is 3. The summed E-state index contributed by atoms with van der Waals surface area (Å²) in [5, 5.41) is 0. The molecule has 3 amide bonds. The number of aryl methyl sites for hydroxylation is 2. The molecule has 2 aromatic rings. The molecule has 2 aromatic carbocycles. The van der Waals surface area contributed by atoms with Crippen molar-refractivity contribution in [1.82, 2.24) is 4.90 Å². The highest BCUT2D eigenvalue weighted by atomic mass is 16.5. The van der Waals surface area contributed by atoms with Gasteiger partial charge in [0.25, 0.3) is 17.7 Å². The molecular formula is C25H26N2O6. The number of carbonyl (C=O) groups excluding carboxylic acids is 4. The summed E-state index contributed by atoms with van der Waals surface area (Å²) in [6.07, 6.45) is -0.178. The van der Waals surface area contributed by atoms with E-state index in [1.807, 2.05) is 39.8 Å². The maximum Gasteiger partial charge on any atom is 0.338 e. The Hall–Kier alpha value is -3.52. The van der Waals surface area contributed by atoms with Gasteiger partial charge in [-0.25, -0.2) is 9.69 Å². The van der Waals surface area contributed by atoms with Gasteiger partial charge >= 0.3 is 5.97 Å². The van der Waals surface area contributed by atoms with E-state index < -0.39 is 24.4 Å². The van der Waals surface area contributed by atoms with Crippen LogP contribution in [0.3, 0.4) is 0 Å². The van der Waals surface area contributed by atoms with Crippen LogP contribution >= 0.6 is 0 Å². The van der Waals surface area contributed by atoms with Gasteiger partial charge in [0, 0.05) is 13.1 Å². The number of anilines is 1. The number of esters is 1. The van der Waals surface area contributed by atoms with E-state index in [4.69, 9.17) is 9.47 Å². The number of nitrogens with zero attached hydrogens (tertiary/aromatic N) is 2. The Labute approximate surface area is 192 Å². The molecule has 8 nitrogen and oxygen atoms in total. The zero-order chi connectivity index (χ0) is 23.9. The Morgan fingerprint density at radius 3 is 2.33 bits per heavy atom. The Morgan fingerprint density at radius 2 is 1.64 bits per heavy atom. The summed E-state index contributed by atoms with van der Waals surface area (Å²) in [7, 11) is 0. The Morgan fingerprint density at radius 1 is 0.970 bits per heavy atom. The number of morpholine rings is 1. The summed E-state index contributed by atoms with van der Waals surface area (Å²) in [6.45, 7) is 7.94. The number of rotatable bonds is 4. The van der Waals surface area contributed by atoms with Gasteiger partial charge in [-0.15, -0.1) is 0 Å². The van der Waals surface area contributed by atoms with Crippen LogP contribution in [-0.4, -0.2) is 60.5 Å². The second-order valence-corrected chi connectivity index (χ2v) is 8.63. The van der Waals surface area contributed by atoms with E-state index in [0.29, 0.717) is 18.8 Å². The van der Waals surface area contributed by atoms with Gasteiger partial charge in [0.2, 0.25) is 0 Å².